The van der Waals surface area contributed by atoms with Gasteiger partial charge >= 0.3 is 6.18 Å². The molecular formula is C12H16F3N. The second kappa shape index (κ2) is 4.87. The Morgan fingerprint density at radius 1 is 1.19 bits per heavy atom. The molecule has 1 nitrogen and oxygen atoms in total. The van der Waals surface area contributed by atoms with Gasteiger partial charge in [-0.3, -0.25) is 4.90 Å². The fraction of sp³-hybridized carbons (Fsp3) is 0.500. The van der Waals surface area contributed by atoms with Gasteiger partial charge < -0.3 is 0 Å². The molecule has 1 atom stereocenters. The lowest BCUT2D eigenvalue weighted by atomic mass is 10.1. The fourth-order valence-corrected chi connectivity index (χ4v) is 1.48. The maximum absolute atomic E-state index is 12.3. The molecule has 0 aromatic heterocycles. The monoisotopic (exact) mass is 231 g/mol. The average Bonchev–Trinajstić information content (AvgIpc) is 2.26. The van der Waals surface area contributed by atoms with Crippen molar-refractivity contribution in [3.8, 4) is 0 Å². The van der Waals surface area contributed by atoms with Gasteiger partial charge in [0.2, 0.25) is 0 Å². The SMILES string of the molecule is CCN(C)[C@H](C)c1ccc(C(F)(F)F)cc1. The Balaban J connectivity index is 2.87. The molecule has 0 bridgehead atoms. The Hall–Kier alpha value is -1.03. The molecule has 0 spiro atoms. The predicted octanol–water partition coefficient (Wildman–Crippen LogP) is 3.72. The third-order valence-electron chi connectivity index (χ3n) is 2.88. The van der Waals surface area contributed by atoms with E-state index in [-0.39, 0.29) is 6.04 Å². The zero-order valence-electron chi connectivity index (χ0n) is 9.67. The molecule has 16 heavy (non-hydrogen) atoms. The summed E-state index contributed by atoms with van der Waals surface area (Å²) in [5.74, 6) is 0. The Morgan fingerprint density at radius 3 is 2.06 bits per heavy atom. The summed E-state index contributed by atoms with van der Waals surface area (Å²) in [6.07, 6.45) is -4.25. The Labute approximate surface area is 93.9 Å². The Kier molecular flexibility index (Phi) is 3.97. The average molecular weight is 231 g/mol. The summed E-state index contributed by atoms with van der Waals surface area (Å²) < 4.78 is 37.0. The van der Waals surface area contributed by atoms with Crippen LogP contribution in [0.3, 0.4) is 0 Å². The van der Waals surface area contributed by atoms with Crippen LogP contribution >= 0.6 is 0 Å². The summed E-state index contributed by atoms with van der Waals surface area (Å²) in [5.41, 5.74) is 0.306. The molecule has 1 aromatic rings. The van der Waals surface area contributed by atoms with E-state index < -0.39 is 11.7 Å². The van der Waals surface area contributed by atoms with E-state index in [9.17, 15) is 13.2 Å². The van der Waals surface area contributed by atoms with Crippen molar-refractivity contribution in [2.75, 3.05) is 13.6 Å². The molecule has 4 heteroatoms. The van der Waals surface area contributed by atoms with Crippen LogP contribution < -0.4 is 0 Å². The number of hydrogen-bond acceptors (Lipinski definition) is 1. The minimum Gasteiger partial charge on any atom is -0.300 e. The van der Waals surface area contributed by atoms with E-state index in [1.165, 1.54) is 0 Å². The molecule has 0 unspecified atom stereocenters. The number of hydrogen-bond donors (Lipinski definition) is 0. The Morgan fingerprint density at radius 2 is 1.69 bits per heavy atom. The van der Waals surface area contributed by atoms with Crippen LogP contribution in [0.5, 0.6) is 0 Å². The molecule has 0 radical (unpaired) electrons. The van der Waals surface area contributed by atoms with Crippen LogP contribution in [0.2, 0.25) is 0 Å². The highest BCUT2D eigenvalue weighted by Crippen LogP contribution is 2.30. The highest BCUT2D eigenvalue weighted by molar-refractivity contribution is 5.26. The van der Waals surface area contributed by atoms with Gasteiger partial charge in [0.05, 0.1) is 5.56 Å². The lowest BCUT2D eigenvalue weighted by Crippen LogP contribution is -2.21. The molecule has 0 saturated heterocycles. The molecule has 0 fully saturated rings. The number of halogens is 3. The first-order chi connectivity index (χ1) is 7.36. The summed E-state index contributed by atoms with van der Waals surface area (Å²) >= 11 is 0. The van der Waals surface area contributed by atoms with Gasteiger partial charge in [-0.25, -0.2) is 0 Å². The van der Waals surface area contributed by atoms with Gasteiger partial charge in [0.25, 0.3) is 0 Å². The van der Waals surface area contributed by atoms with Crippen LogP contribution in [-0.2, 0) is 6.18 Å². The molecule has 1 rings (SSSR count). The number of nitrogens with zero attached hydrogens (tertiary/aromatic N) is 1. The standard InChI is InChI=1S/C12H16F3N/c1-4-16(3)9(2)10-5-7-11(8-6-10)12(13,14)15/h5-9H,4H2,1-3H3/t9-/m1/s1. The summed E-state index contributed by atoms with van der Waals surface area (Å²) in [5, 5.41) is 0. The normalized spacial score (nSPS) is 14.2. The van der Waals surface area contributed by atoms with Crippen molar-refractivity contribution in [3.63, 3.8) is 0 Å². The van der Waals surface area contributed by atoms with Crippen molar-refractivity contribution in [1.82, 2.24) is 4.90 Å². The van der Waals surface area contributed by atoms with E-state index in [0.717, 1.165) is 24.2 Å². The lowest BCUT2D eigenvalue weighted by Gasteiger charge is -2.23. The summed E-state index contributed by atoms with van der Waals surface area (Å²) in [4.78, 5) is 2.07. The first kappa shape index (κ1) is 13.0. The third-order valence-corrected chi connectivity index (χ3v) is 2.88. The largest absolute Gasteiger partial charge is 0.416 e. The molecule has 90 valence electrons. The summed E-state index contributed by atoms with van der Waals surface area (Å²) in [6, 6.07) is 5.48. The molecule has 0 heterocycles. The molecule has 0 saturated carbocycles. The van der Waals surface area contributed by atoms with E-state index in [1.807, 2.05) is 20.9 Å². The van der Waals surface area contributed by atoms with Crippen molar-refractivity contribution in [2.24, 2.45) is 0 Å². The van der Waals surface area contributed by atoms with E-state index in [0.29, 0.717) is 0 Å². The minimum atomic E-state index is -4.25. The summed E-state index contributed by atoms with van der Waals surface area (Å²) in [6.45, 7) is 4.86. The van der Waals surface area contributed by atoms with Gasteiger partial charge in [-0.15, -0.1) is 0 Å². The van der Waals surface area contributed by atoms with Crippen LogP contribution in [0.25, 0.3) is 0 Å². The number of rotatable bonds is 3. The molecule has 0 aliphatic carbocycles. The van der Waals surface area contributed by atoms with Crippen molar-refractivity contribution >= 4 is 0 Å². The van der Waals surface area contributed by atoms with Crippen molar-refractivity contribution < 1.29 is 13.2 Å². The zero-order valence-corrected chi connectivity index (χ0v) is 9.67. The van der Waals surface area contributed by atoms with E-state index in [1.54, 1.807) is 12.1 Å². The summed E-state index contributed by atoms with van der Waals surface area (Å²) in [7, 11) is 1.95. The molecule has 0 amide bonds. The Bertz CT molecular complexity index is 329. The second-order valence-electron chi connectivity index (χ2n) is 3.87. The van der Waals surface area contributed by atoms with Gasteiger partial charge in [-0.2, -0.15) is 13.2 Å². The van der Waals surface area contributed by atoms with Crippen LogP contribution in [-0.4, -0.2) is 18.5 Å². The van der Waals surface area contributed by atoms with Crippen LogP contribution in [0.1, 0.15) is 31.0 Å². The number of benzene rings is 1. The van der Waals surface area contributed by atoms with Crippen molar-refractivity contribution in [3.05, 3.63) is 35.4 Å². The number of alkyl halides is 3. The predicted molar refractivity (Wildman–Crippen MR) is 58.2 cm³/mol. The van der Waals surface area contributed by atoms with Crippen molar-refractivity contribution in [2.45, 2.75) is 26.1 Å². The van der Waals surface area contributed by atoms with Crippen LogP contribution in [0, 0.1) is 0 Å². The highest BCUT2D eigenvalue weighted by Gasteiger charge is 2.30. The quantitative estimate of drug-likeness (QED) is 0.766. The van der Waals surface area contributed by atoms with E-state index >= 15 is 0 Å². The van der Waals surface area contributed by atoms with Crippen molar-refractivity contribution in [1.29, 1.82) is 0 Å². The zero-order chi connectivity index (χ0) is 12.3. The second-order valence-corrected chi connectivity index (χ2v) is 3.87. The topological polar surface area (TPSA) is 3.24 Å². The maximum atomic E-state index is 12.3. The highest BCUT2D eigenvalue weighted by atomic mass is 19.4. The maximum Gasteiger partial charge on any atom is 0.416 e. The van der Waals surface area contributed by atoms with Gasteiger partial charge in [0.15, 0.2) is 0 Å². The minimum absolute atomic E-state index is 0.132. The van der Waals surface area contributed by atoms with Gasteiger partial charge in [0, 0.05) is 6.04 Å². The van der Waals surface area contributed by atoms with E-state index in [2.05, 4.69) is 4.90 Å². The molecule has 0 N–H and O–H groups in total. The molecular weight excluding hydrogens is 215 g/mol. The molecule has 1 aromatic carbocycles. The fourth-order valence-electron chi connectivity index (χ4n) is 1.48. The van der Waals surface area contributed by atoms with Gasteiger partial charge in [0.1, 0.15) is 0 Å². The third kappa shape index (κ3) is 2.98. The van der Waals surface area contributed by atoms with Gasteiger partial charge in [-0.1, -0.05) is 19.1 Å². The molecule has 0 aliphatic heterocycles. The first-order valence-electron chi connectivity index (χ1n) is 5.23. The lowest BCUT2D eigenvalue weighted by molar-refractivity contribution is -0.137. The smallest absolute Gasteiger partial charge is 0.300 e. The van der Waals surface area contributed by atoms with Gasteiger partial charge in [-0.05, 0) is 38.2 Å². The first-order valence-corrected chi connectivity index (χ1v) is 5.23. The molecule has 0 aliphatic rings. The van der Waals surface area contributed by atoms with Crippen LogP contribution in [0.4, 0.5) is 13.2 Å². The van der Waals surface area contributed by atoms with Crippen LogP contribution in [0.15, 0.2) is 24.3 Å². The van der Waals surface area contributed by atoms with E-state index in [4.69, 9.17) is 0 Å².